The van der Waals surface area contributed by atoms with Gasteiger partial charge in [-0.2, -0.15) is 0 Å². The Labute approximate surface area is 161 Å². The van der Waals surface area contributed by atoms with Gasteiger partial charge >= 0.3 is 0 Å². The molecule has 0 aliphatic heterocycles. The lowest BCUT2D eigenvalue weighted by molar-refractivity contribution is 0.0982. The van der Waals surface area contributed by atoms with E-state index in [1.165, 1.54) is 17.5 Å². The van der Waals surface area contributed by atoms with Crippen LogP contribution in [0.15, 0.2) is 36.5 Å². The Morgan fingerprint density at radius 3 is 2.58 bits per heavy atom. The van der Waals surface area contributed by atoms with Crippen molar-refractivity contribution in [3.05, 3.63) is 56.5 Å². The van der Waals surface area contributed by atoms with Gasteiger partial charge in [0.2, 0.25) is 0 Å². The Bertz CT molecular complexity index is 941. The van der Waals surface area contributed by atoms with E-state index in [9.17, 15) is 4.79 Å². The molecular formula is C15H8Cl3N3OS2. The van der Waals surface area contributed by atoms with E-state index in [2.05, 4.69) is 15.6 Å². The third kappa shape index (κ3) is 3.79. The van der Waals surface area contributed by atoms with Crippen molar-refractivity contribution >= 4 is 85.3 Å². The SMILES string of the molecule is O=C(NC(=S)Nc1ccc(Cl)cn1)c1sc2cc(Cl)ccc2c1Cl. The highest BCUT2D eigenvalue weighted by molar-refractivity contribution is 7.80. The van der Waals surface area contributed by atoms with Gasteiger partial charge in [-0.3, -0.25) is 10.1 Å². The fourth-order valence-corrected chi connectivity index (χ4v) is 3.94. The zero-order valence-corrected chi connectivity index (χ0v) is 15.7. The molecule has 0 aliphatic rings. The predicted octanol–water partition coefficient (Wildman–Crippen LogP) is 5.38. The Morgan fingerprint density at radius 2 is 1.88 bits per heavy atom. The molecule has 0 bridgehead atoms. The van der Waals surface area contributed by atoms with Crippen LogP contribution in [0, 0.1) is 0 Å². The molecule has 3 rings (SSSR count). The average molecular weight is 417 g/mol. The number of carbonyl (C=O) groups excluding carboxylic acids is 1. The summed E-state index contributed by atoms with van der Waals surface area (Å²) in [5.74, 6) is 0.0719. The number of benzene rings is 1. The van der Waals surface area contributed by atoms with Crippen LogP contribution in [-0.4, -0.2) is 16.0 Å². The third-order valence-electron chi connectivity index (χ3n) is 2.99. The minimum atomic E-state index is -0.399. The molecule has 1 amide bonds. The van der Waals surface area contributed by atoms with Crippen molar-refractivity contribution in [1.29, 1.82) is 0 Å². The van der Waals surface area contributed by atoms with Gasteiger partial charge < -0.3 is 5.32 Å². The number of thiocarbonyl (C=S) groups is 1. The topological polar surface area (TPSA) is 54.0 Å². The van der Waals surface area contributed by atoms with Crippen LogP contribution < -0.4 is 10.6 Å². The van der Waals surface area contributed by atoms with Crippen molar-refractivity contribution < 1.29 is 4.79 Å². The largest absolute Gasteiger partial charge is 0.317 e. The number of carbonyl (C=O) groups is 1. The Morgan fingerprint density at radius 1 is 1.12 bits per heavy atom. The number of nitrogens with zero attached hydrogens (tertiary/aromatic N) is 1. The molecule has 1 aromatic carbocycles. The van der Waals surface area contributed by atoms with Crippen molar-refractivity contribution in [2.24, 2.45) is 0 Å². The molecule has 0 aliphatic carbocycles. The molecule has 0 atom stereocenters. The fraction of sp³-hybridized carbons (Fsp3) is 0. The standard InChI is InChI=1S/C15H8Cl3N3OS2/c16-7-1-3-9-10(5-7)24-13(12(9)18)14(22)21-15(23)20-11-4-2-8(17)6-19-11/h1-6H,(H2,19,20,21,22,23). The van der Waals surface area contributed by atoms with Crippen LogP contribution in [-0.2, 0) is 0 Å². The normalized spacial score (nSPS) is 10.6. The van der Waals surface area contributed by atoms with Gasteiger partial charge in [0.25, 0.3) is 5.91 Å². The number of thiophene rings is 1. The summed E-state index contributed by atoms with van der Waals surface area (Å²) in [6.45, 7) is 0. The first-order valence-electron chi connectivity index (χ1n) is 6.55. The first-order chi connectivity index (χ1) is 11.4. The number of anilines is 1. The van der Waals surface area contributed by atoms with Crippen molar-refractivity contribution in [3.63, 3.8) is 0 Å². The van der Waals surface area contributed by atoms with Gasteiger partial charge in [-0.15, -0.1) is 11.3 Å². The summed E-state index contributed by atoms with van der Waals surface area (Å²) >= 11 is 24.4. The van der Waals surface area contributed by atoms with Crippen LogP contribution in [0.5, 0.6) is 0 Å². The summed E-state index contributed by atoms with van der Waals surface area (Å²) in [7, 11) is 0. The smallest absolute Gasteiger partial charge is 0.269 e. The summed E-state index contributed by atoms with van der Waals surface area (Å²) in [6.07, 6.45) is 1.47. The Kier molecular flexibility index (Phi) is 5.22. The van der Waals surface area contributed by atoms with Crippen LogP contribution in [0.2, 0.25) is 15.1 Å². The minimum absolute atomic E-state index is 0.112. The second-order valence-corrected chi connectivity index (χ2v) is 7.37. The Balaban J connectivity index is 1.76. The molecule has 9 heteroatoms. The lowest BCUT2D eigenvalue weighted by Crippen LogP contribution is -2.34. The molecule has 24 heavy (non-hydrogen) atoms. The van der Waals surface area contributed by atoms with E-state index < -0.39 is 5.91 Å². The maximum atomic E-state index is 12.4. The predicted molar refractivity (Wildman–Crippen MR) is 105 cm³/mol. The van der Waals surface area contributed by atoms with Gasteiger partial charge in [-0.05, 0) is 36.5 Å². The lowest BCUT2D eigenvalue weighted by Gasteiger charge is -2.08. The van der Waals surface area contributed by atoms with Crippen molar-refractivity contribution in [1.82, 2.24) is 10.3 Å². The van der Waals surface area contributed by atoms with Gasteiger partial charge in [0.15, 0.2) is 5.11 Å². The minimum Gasteiger partial charge on any atom is -0.317 e. The number of fused-ring (bicyclic) bond motifs is 1. The highest BCUT2D eigenvalue weighted by Gasteiger charge is 2.18. The quantitative estimate of drug-likeness (QED) is 0.550. The summed E-state index contributed by atoms with van der Waals surface area (Å²) in [5.41, 5.74) is 0. The number of hydrogen-bond acceptors (Lipinski definition) is 4. The molecule has 0 fully saturated rings. The molecule has 122 valence electrons. The number of nitrogens with one attached hydrogen (secondary N) is 2. The van der Waals surface area contributed by atoms with Crippen molar-refractivity contribution in [2.45, 2.75) is 0 Å². The molecular weight excluding hydrogens is 409 g/mol. The van der Waals surface area contributed by atoms with E-state index in [-0.39, 0.29) is 5.11 Å². The van der Waals surface area contributed by atoms with E-state index in [4.69, 9.17) is 47.0 Å². The summed E-state index contributed by atoms with van der Waals surface area (Å²) in [4.78, 5) is 16.8. The molecule has 2 aromatic heterocycles. The van der Waals surface area contributed by atoms with E-state index >= 15 is 0 Å². The maximum absolute atomic E-state index is 12.4. The molecule has 0 spiro atoms. The van der Waals surface area contributed by atoms with Crippen molar-refractivity contribution in [2.75, 3.05) is 5.32 Å². The monoisotopic (exact) mass is 415 g/mol. The number of hydrogen-bond donors (Lipinski definition) is 2. The second kappa shape index (κ2) is 7.21. The zero-order valence-electron chi connectivity index (χ0n) is 11.8. The number of pyridine rings is 1. The first-order valence-corrected chi connectivity index (χ1v) is 8.91. The number of halogens is 3. The highest BCUT2D eigenvalue weighted by Crippen LogP contribution is 2.36. The molecule has 0 radical (unpaired) electrons. The fourth-order valence-electron chi connectivity index (χ4n) is 1.94. The molecule has 3 aromatic rings. The summed E-state index contributed by atoms with van der Waals surface area (Å²) in [6, 6.07) is 8.57. The molecule has 2 heterocycles. The van der Waals surface area contributed by atoms with Gasteiger partial charge in [-0.1, -0.05) is 40.9 Å². The van der Waals surface area contributed by atoms with Crippen LogP contribution in [0.4, 0.5) is 5.82 Å². The molecule has 0 unspecified atom stereocenters. The molecule has 0 saturated heterocycles. The third-order valence-corrected chi connectivity index (χ3v) is 5.31. The average Bonchev–Trinajstić information content (AvgIpc) is 2.86. The van der Waals surface area contributed by atoms with Gasteiger partial charge in [0, 0.05) is 21.3 Å². The second-order valence-electron chi connectivity index (χ2n) is 4.66. The maximum Gasteiger partial charge on any atom is 0.269 e. The number of rotatable bonds is 2. The molecule has 2 N–H and O–H groups in total. The van der Waals surface area contributed by atoms with Gasteiger partial charge in [0.05, 0.1) is 10.0 Å². The van der Waals surface area contributed by atoms with Crippen molar-refractivity contribution in [3.8, 4) is 0 Å². The molecule has 0 saturated carbocycles. The number of amides is 1. The van der Waals surface area contributed by atoms with E-state index in [0.29, 0.717) is 25.8 Å². The Hall–Kier alpha value is -1.44. The summed E-state index contributed by atoms with van der Waals surface area (Å²) in [5, 5.41) is 7.72. The van der Waals surface area contributed by atoms with E-state index in [1.807, 2.05) is 0 Å². The van der Waals surface area contributed by atoms with E-state index in [0.717, 1.165) is 10.1 Å². The highest BCUT2D eigenvalue weighted by atomic mass is 35.5. The molecule has 4 nitrogen and oxygen atoms in total. The van der Waals surface area contributed by atoms with Gasteiger partial charge in [-0.25, -0.2) is 4.98 Å². The lowest BCUT2D eigenvalue weighted by atomic mass is 10.2. The first kappa shape index (κ1) is 17.4. The van der Waals surface area contributed by atoms with E-state index in [1.54, 1.807) is 30.3 Å². The van der Waals surface area contributed by atoms with Crippen LogP contribution in [0.25, 0.3) is 10.1 Å². The van der Waals surface area contributed by atoms with Crippen LogP contribution in [0.1, 0.15) is 9.67 Å². The van der Waals surface area contributed by atoms with Crippen LogP contribution in [0.3, 0.4) is 0 Å². The number of aromatic nitrogens is 1. The van der Waals surface area contributed by atoms with Crippen LogP contribution >= 0.6 is 58.4 Å². The summed E-state index contributed by atoms with van der Waals surface area (Å²) < 4.78 is 0.830. The van der Waals surface area contributed by atoms with Gasteiger partial charge in [0.1, 0.15) is 10.7 Å². The zero-order chi connectivity index (χ0) is 17.3.